The Morgan fingerprint density at radius 3 is 2.78 bits per heavy atom. The molecule has 3 N–H and O–H groups in total. The Bertz CT molecular complexity index is 416. The molecular weight excluding hydrogens is 228 g/mol. The fourth-order valence-corrected chi connectivity index (χ4v) is 2.41. The number of rotatable bonds is 3. The highest BCUT2D eigenvalue weighted by molar-refractivity contribution is 5.83. The maximum Gasteiger partial charge on any atom is 0.244 e. The minimum atomic E-state index is -0.627. The Morgan fingerprint density at radius 1 is 1.50 bits per heavy atom. The number of likely N-dealkylation sites (tertiary alicyclic amines) is 1. The first-order valence-electron chi connectivity index (χ1n) is 6.37. The molecule has 2 unspecified atom stereocenters. The predicted octanol–water partition coefficient (Wildman–Crippen LogP) is 0.978. The molecule has 98 valence electrons. The van der Waals surface area contributed by atoms with Gasteiger partial charge in [0.2, 0.25) is 5.91 Å². The van der Waals surface area contributed by atoms with Crippen LogP contribution < -0.4 is 5.73 Å². The molecule has 0 spiro atoms. The minimum Gasteiger partial charge on any atom is -0.394 e. The van der Waals surface area contributed by atoms with Crippen molar-refractivity contribution in [2.45, 2.75) is 31.8 Å². The number of hydrogen-bond acceptors (Lipinski definition) is 3. The second kappa shape index (κ2) is 5.50. The summed E-state index contributed by atoms with van der Waals surface area (Å²) >= 11 is 0. The molecule has 1 aromatic rings. The predicted molar refractivity (Wildman–Crippen MR) is 69.9 cm³/mol. The molecule has 1 aliphatic heterocycles. The summed E-state index contributed by atoms with van der Waals surface area (Å²) in [6.45, 7) is 2.72. The van der Waals surface area contributed by atoms with Gasteiger partial charge in [0.15, 0.2) is 0 Å². The first-order valence-corrected chi connectivity index (χ1v) is 6.37. The van der Waals surface area contributed by atoms with Gasteiger partial charge in [0.05, 0.1) is 12.6 Å². The molecule has 1 heterocycles. The van der Waals surface area contributed by atoms with Crippen LogP contribution in [0.2, 0.25) is 0 Å². The Hall–Kier alpha value is -1.39. The van der Waals surface area contributed by atoms with Gasteiger partial charge >= 0.3 is 0 Å². The van der Waals surface area contributed by atoms with Crippen molar-refractivity contribution in [2.24, 2.45) is 5.73 Å². The smallest absolute Gasteiger partial charge is 0.244 e. The van der Waals surface area contributed by atoms with Gasteiger partial charge in [0, 0.05) is 6.54 Å². The highest BCUT2D eigenvalue weighted by Crippen LogP contribution is 2.22. The molecule has 2 rings (SSSR count). The zero-order valence-corrected chi connectivity index (χ0v) is 10.7. The molecule has 1 saturated heterocycles. The second-order valence-electron chi connectivity index (χ2n) is 4.90. The Labute approximate surface area is 107 Å². The molecule has 0 bridgehead atoms. The number of benzene rings is 1. The third kappa shape index (κ3) is 2.54. The van der Waals surface area contributed by atoms with Crippen LogP contribution >= 0.6 is 0 Å². The van der Waals surface area contributed by atoms with Gasteiger partial charge < -0.3 is 15.7 Å². The number of carbonyl (C=O) groups excluding carboxylic acids is 1. The molecule has 0 aromatic heterocycles. The van der Waals surface area contributed by atoms with Gasteiger partial charge in [0.25, 0.3) is 0 Å². The van der Waals surface area contributed by atoms with Crippen LogP contribution in [-0.2, 0) is 4.79 Å². The van der Waals surface area contributed by atoms with Crippen LogP contribution in [0.4, 0.5) is 0 Å². The molecule has 0 radical (unpaired) electrons. The van der Waals surface area contributed by atoms with Gasteiger partial charge in [-0.15, -0.1) is 0 Å². The molecular formula is C14H20N2O2. The largest absolute Gasteiger partial charge is 0.394 e. The highest BCUT2D eigenvalue weighted by Gasteiger charge is 2.31. The lowest BCUT2D eigenvalue weighted by Gasteiger charge is -2.26. The minimum absolute atomic E-state index is 0.0202. The molecule has 0 aliphatic carbocycles. The number of aliphatic hydroxyl groups is 1. The van der Waals surface area contributed by atoms with E-state index in [0.29, 0.717) is 6.54 Å². The summed E-state index contributed by atoms with van der Waals surface area (Å²) in [5, 5.41) is 9.24. The molecule has 2 atom stereocenters. The van der Waals surface area contributed by atoms with Crippen molar-refractivity contribution in [1.29, 1.82) is 0 Å². The number of aliphatic hydroxyl groups excluding tert-OH is 1. The van der Waals surface area contributed by atoms with E-state index in [4.69, 9.17) is 5.73 Å². The summed E-state index contributed by atoms with van der Waals surface area (Å²) < 4.78 is 0. The van der Waals surface area contributed by atoms with Crippen molar-refractivity contribution in [2.75, 3.05) is 13.2 Å². The van der Waals surface area contributed by atoms with Crippen LogP contribution in [-0.4, -0.2) is 35.1 Å². The molecule has 0 saturated carbocycles. The lowest BCUT2D eigenvalue weighted by atomic mass is 10.0. The van der Waals surface area contributed by atoms with Crippen LogP contribution in [0.5, 0.6) is 0 Å². The zero-order chi connectivity index (χ0) is 13.1. The van der Waals surface area contributed by atoms with Gasteiger partial charge in [-0.3, -0.25) is 4.79 Å². The number of nitrogens with zero attached hydrogens (tertiary/aromatic N) is 1. The van der Waals surface area contributed by atoms with E-state index in [1.54, 1.807) is 4.90 Å². The summed E-state index contributed by atoms with van der Waals surface area (Å²) in [7, 11) is 0. The molecule has 1 aromatic carbocycles. The maximum absolute atomic E-state index is 12.3. The average molecular weight is 248 g/mol. The van der Waals surface area contributed by atoms with Crippen molar-refractivity contribution >= 4 is 5.91 Å². The third-order valence-corrected chi connectivity index (χ3v) is 3.57. The Kier molecular flexibility index (Phi) is 3.99. The number of amides is 1. The second-order valence-corrected chi connectivity index (χ2v) is 4.90. The van der Waals surface area contributed by atoms with Crippen LogP contribution in [0.15, 0.2) is 24.3 Å². The van der Waals surface area contributed by atoms with Crippen molar-refractivity contribution in [1.82, 2.24) is 4.90 Å². The number of nitrogens with two attached hydrogens (primary N) is 1. The van der Waals surface area contributed by atoms with Gasteiger partial charge in [0.1, 0.15) is 6.04 Å². The summed E-state index contributed by atoms with van der Waals surface area (Å²) in [5.41, 5.74) is 7.99. The molecule has 1 amide bonds. The molecule has 18 heavy (non-hydrogen) atoms. The van der Waals surface area contributed by atoms with E-state index in [1.807, 2.05) is 31.2 Å². The molecule has 1 aliphatic rings. The van der Waals surface area contributed by atoms with E-state index < -0.39 is 6.04 Å². The van der Waals surface area contributed by atoms with E-state index in [0.717, 1.165) is 24.0 Å². The summed E-state index contributed by atoms with van der Waals surface area (Å²) in [4.78, 5) is 14.0. The van der Waals surface area contributed by atoms with E-state index in [-0.39, 0.29) is 18.6 Å². The van der Waals surface area contributed by atoms with Crippen molar-refractivity contribution in [3.05, 3.63) is 35.4 Å². The van der Waals surface area contributed by atoms with Crippen LogP contribution in [0.25, 0.3) is 0 Å². The van der Waals surface area contributed by atoms with Crippen LogP contribution in [0, 0.1) is 6.92 Å². The molecule has 4 nitrogen and oxygen atoms in total. The van der Waals surface area contributed by atoms with E-state index in [1.165, 1.54) is 0 Å². The maximum atomic E-state index is 12.3. The van der Waals surface area contributed by atoms with Crippen molar-refractivity contribution < 1.29 is 9.90 Å². The molecule has 1 fully saturated rings. The summed E-state index contributed by atoms with van der Waals surface area (Å²) in [5.74, 6) is -0.0876. The standard InChI is InChI=1S/C14H20N2O2/c1-10-4-6-11(7-5-10)13(15)14(18)16-8-2-3-12(16)9-17/h4-7,12-13,17H,2-3,8-9,15H2,1H3. The van der Waals surface area contributed by atoms with Crippen LogP contribution in [0.1, 0.15) is 30.0 Å². The third-order valence-electron chi connectivity index (χ3n) is 3.57. The normalized spacial score (nSPS) is 21.1. The van der Waals surface area contributed by atoms with Gasteiger partial charge in [-0.25, -0.2) is 0 Å². The molecule has 4 heteroatoms. The van der Waals surface area contributed by atoms with Gasteiger partial charge in [-0.05, 0) is 25.3 Å². The number of hydrogen-bond donors (Lipinski definition) is 2. The van der Waals surface area contributed by atoms with Crippen molar-refractivity contribution in [3.8, 4) is 0 Å². The Morgan fingerprint density at radius 2 is 2.17 bits per heavy atom. The van der Waals surface area contributed by atoms with Gasteiger partial charge in [-0.1, -0.05) is 29.8 Å². The van der Waals surface area contributed by atoms with Crippen molar-refractivity contribution in [3.63, 3.8) is 0 Å². The zero-order valence-electron chi connectivity index (χ0n) is 10.7. The SMILES string of the molecule is Cc1ccc(C(N)C(=O)N2CCCC2CO)cc1. The topological polar surface area (TPSA) is 66.6 Å². The number of aryl methyl sites for hydroxylation is 1. The first-order chi connectivity index (χ1) is 8.63. The lowest BCUT2D eigenvalue weighted by molar-refractivity contribution is -0.134. The number of carbonyl (C=O) groups is 1. The summed E-state index contributed by atoms with van der Waals surface area (Å²) in [6.07, 6.45) is 1.81. The van der Waals surface area contributed by atoms with E-state index >= 15 is 0 Å². The van der Waals surface area contributed by atoms with Gasteiger partial charge in [-0.2, -0.15) is 0 Å². The fraction of sp³-hybridized carbons (Fsp3) is 0.500. The lowest BCUT2D eigenvalue weighted by Crippen LogP contribution is -2.42. The highest BCUT2D eigenvalue weighted by atomic mass is 16.3. The first kappa shape index (κ1) is 13.1. The quantitative estimate of drug-likeness (QED) is 0.838. The van der Waals surface area contributed by atoms with E-state index in [2.05, 4.69) is 0 Å². The Balaban J connectivity index is 2.11. The fourth-order valence-electron chi connectivity index (χ4n) is 2.41. The monoisotopic (exact) mass is 248 g/mol. The van der Waals surface area contributed by atoms with Crippen LogP contribution in [0.3, 0.4) is 0 Å². The summed E-state index contributed by atoms with van der Waals surface area (Å²) in [6, 6.07) is 7.00. The average Bonchev–Trinajstić information content (AvgIpc) is 2.86. The van der Waals surface area contributed by atoms with E-state index in [9.17, 15) is 9.90 Å².